The predicted octanol–water partition coefficient (Wildman–Crippen LogP) is 2.18. The standard InChI is InChI=1S/C17H19N5O2/c1(6-22-7-5-19-11-22)4-18-9-14-10-20-21-17(14)13-2-3-15-16(8-13)24-12-23-15/h2-3,5,7-8,10-11,18H,1,4,6,9,12H2,(H,20,21). The predicted molar refractivity (Wildman–Crippen MR) is 88.7 cm³/mol. The van der Waals surface area contributed by atoms with Gasteiger partial charge in [-0.05, 0) is 31.2 Å². The van der Waals surface area contributed by atoms with Crippen molar-refractivity contribution in [3.8, 4) is 22.8 Å². The summed E-state index contributed by atoms with van der Waals surface area (Å²) < 4.78 is 12.9. The summed E-state index contributed by atoms with van der Waals surface area (Å²) in [4.78, 5) is 4.04. The van der Waals surface area contributed by atoms with Gasteiger partial charge in [-0.1, -0.05) is 0 Å². The van der Waals surface area contributed by atoms with Crippen LogP contribution in [-0.4, -0.2) is 33.1 Å². The van der Waals surface area contributed by atoms with Gasteiger partial charge in [-0.15, -0.1) is 0 Å². The quantitative estimate of drug-likeness (QED) is 0.651. The zero-order chi connectivity index (χ0) is 16.2. The molecule has 3 aromatic rings. The molecule has 0 amide bonds. The van der Waals surface area contributed by atoms with E-state index in [1.54, 1.807) is 6.20 Å². The number of rotatable bonds is 7. The molecule has 0 saturated heterocycles. The van der Waals surface area contributed by atoms with Crippen LogP contribution in [-0.2, 0) is 13.1 Å². The molecule has 1 aromatic carbocycles. The van der Waals surface area contributed by atoms with E-state index in [9.17, 15) is 0 Å². The molecule has 0 spiro atoms. The first-order valence-corrected chi connectivity index (χ1v) is 7.99. The molecular formula is C17H19N5O2. The zero-order valence-electron chi connectivity index (χ0n) is 13.2. The van der Waals surface area contributed by atoms with Gasteiger partial charge in [-0.3, -0.25) is 5.10 Å². The van der Waals surface area contributed by atoms with Crippen molar-refractivity contribution in [3.05, 3.63) is 48.7 Å². The Hall–Kier alpha value is -2.80. The van der Waals surface area contributed by atoms with E-state index in [-0.39, 0.29) is 6.79 Å². The van der Waals surface area contributed by atoms with Gasteiger partial charge in [0.15, 0.2) is 11.5 Å². The van der Waals surface area contributed by atoms with E-state index < -0.39 is 0 Å². The number of nitrogens with one attached hydrogen (secondary N) is 2. The van der Waals surface area contributed by atoms with Crippen molar-refractivity contribution >= 4 is 0 Å². The third-order valence-corrected chi connectivity index (χ3v) is 4.02. The maximum Gasteiger partial charge on any atom is 0.231 e. The van der Waals surface area contributed by atoms with Crippen LogP contribution in [0.25, 0.3) is 11.3 Å². The van der Waals surface area contributed by atoms with Crippen LogP contribution in [0.15, 0.2) is 43.1 Å². The normalized spacial score (nSPS) is 12.7. The number of nitrogens with zero attached hydrogens (tertiary/aromatic N) is 3. The van der Waals surface area contributed by atoms with Crippen LogP contribution in [0.2, 0.25) is 0 Å². The van der Waals surface area contributed by atoms with Crippen LogP contribution in [0.1, 0.15) is 12.0 Å². The molecule has 124 valence electrons. The van der Waals surface area contributed by atoms with E-state index in [2.05, 4.69) is 25.1 Å². The molecular weight excluding hydrogens is 306 g/mol. The molecule has 24 heavy (non-hydrogen) atoms. The second-order valence-corrected chi connectivity index (χ2v) is 5.67. The zero-order valence-corrected chi connectivity index (χ0v) is 13.2. The van der Waals surface area contributed by atoms with Gasteiger partial charge in [0.2, 0.25) is 6.79 Å². The van der Waals surface area contributed by atoms with E-state index >= 15 is 0 Å². The highest BCUT2D eigenvalue weighted by Gasteiger charge is 2.16. The van der Waals surface area contributed by atoms with Crippen LogP contribution in [0.4, 0.5) is 0 Å². The van der Waals surface area contributed by atoms with Crippen molar-refractivity contribution in [2.75, 3.05) is 13.3 Å². The van der Waals surface area contributed by atoms with Crippen LogP contribution in [0.5, 0.6) is 11.5 Å². The lowest BCUT2D eigenvalue weighted by molar-refractivity contribution is 0.174. The maximum absolute atomic E-state index is 5.45. The molecule has 4 rings (SSSR count). The summed E-state index contributed by atoms with van der Waals surface area (Å²) in [5, 5.41) is 10.7. The van der Waals surface area contributed by atoms with E-state index in [0.717, 1.165) is 54.4 Å². The number of fused-ring (bicyclic) bond motifs is 1. The lowest BCUT2D eigenvalue weighted by atomic mass is 10.1. The molecule has 2 aromatic heterocycles. The molecule has 0 radical (unpaired) electrons. The van der Waals surface area contributed by atoms with Gasteiger partial charge in [0.1, 0.15) is 0 Å². The number of H-pyrrole nitrogens is 1. The smallest absolute Gasteiger partial charge is 0.231 e. The summed E-state index contributed by atoms with van der Waals surface area (Å²) in [5.41, 5.74) is 3.19. The minimum absolute atomic E-state index is 0.285. The number of hydrogen-bond acceptors (Lipinski definition) is 5. The Morgan fingerprint density at radius 3 is 3.12 bits per heavy atom. The second kappa shape index (κ2) is 6.76. The SMILES string of the molecule is c1cn(CCCNCc2cn[nH]c2-c2ccc3c(c2)OCO3)cn1. The molecule has 1 aliphatic heterocycles. The number of aryl methyl sites for hydroxylation is 1. The fourth-order valence-corrected chi connectivity index (χ4v) is 2.78. The average molecular weight is 325 g/mol. The van der Waals surface area contributed by atoms with Gasteiger partial charge >= 0.3 is 0 Å². The minimum Gasteiger partial charge on any atom is -0.454 e. The fourth-order valence-electron chi connectivity index (χ4n) is 2.78. The molecule has 2 N–H and O–H groups in total. The molecule has 0 bridgehead atoms. The highest BCUT2D eigenvalue weighted by Crippen LogP contribution is 2.36. The number of hydrogen-bond donors (Lipinski definition) is 2. The summed E-state index contributed by atoms with van der Waals surface area (Å²) >= 11 is 0. The summed E-state index contributed by atoms with van der Waals surface area (Å²) in [7, 11) is 0. The highest BCUT2D eigenvalue weighted by molar-refractivity contribution is 5.66. The van der Waals surface area contributed by atoms with E-state index in [1.165, 1.54) is 0 Å². The molecule has 7 heteroatoms. The number of benzene rings is 1. The number of ether oxygens (including phenoxy) is 2. The van der Waals surface area contributed by atoms with Crippen molar-refractivity contribution in [1.29, 1.82) is 0 Å². The topological polar surface area (TPSA) is 77.0 Å². The molecule has 1 aliphatic rings. The Morgan fingerprint density at radius 1 is 1.25 bits per heavy atom. The van der Waals surface area contributed by atoms with Crippen LogP contribution < -0.4 is 14.8 Å². The van der Waals surface area contributed by atoms with E-state index in [1.807, 2.05) is 36.9 Å². The fraction of sp³-hybridized carbons (Fsp3) is 0.294. The molecule has 0 unspecified atom stereocenters. The molecule has 0 saturated carbocycles. The second-order valence-electron chi connectivity index (χ2n) is 5.67. The number of aromatic amines is 1. The first-order chi connectivity index (χ1) is 11.9. The van der Waals surface area contributed by atoms with Gasteiger partial charge < -0.3 is 19.4 Å². The van der Waals surface area contributed by atoms with Gasteiger partial charge in [0.25, 0.3) is 0 Å². The van der Waals surface area contributed by atoms with E-state index in [4.69, 9.17) is 9.47 Å². The first-order valence-electron chi connectivity index (χ1n) is 7.99. The lowest BCUT2D eigenvalue weighted by Gasteiger charge is -2.07. The largest absolute Gasteiger partial charge is 0.454 e. The molecule has 0 fully saturated rings. The highest BCUT2D eigenvalue weighted by atomic mass is 16.7. The van der Waals surface area contributed by atoms with Crippen molar-refractivity contribution < 1.29 is 9.47 Å². The Labute approximate surface area is 139 Å². The van der Waals surface area contributed by atoms with Crippen LogP contribution >= 0.6 is 0 Å². The van der Waals surface area contributed by atoms with E-state index in [0.29, 0.717) is 0 Å². The van der Waals surface area contributed by atoms with Gasteiger partial charge in [0, 0.05) is 36.6 Å². The maximum atomic E-state index is 5.45. The molecule has 7 nitrogen and oxygen atoms in total. The molecule has 3 heterocycles. The van der Waals surface area contributed by atoms with Crippen LogP contribution in [0.3, 0.4) is 0 Å². The van der Waals surface area contributed by atoms with Gasteiger partial charge in [-0.25, -0.2) is 4.98 Å². The summed E-state index contributed by atoms with van der Waals surface area (Å²) in [6, 6.07) is 5.93. The Kier molecular flexibility index (Phi) is 4.16. The number of imidazole rings is 1. The molecule has 0 atom stereocenters. The third-order valence-electron chi connectivity index (χ3n) is 4.02. The molecule has 0 aliphatic carbocycles. The Bertz CT molecular complexity index is 797. The van der Waals surface area contributed by atoms with Gasteiger partial charge in [-0.2, -0.15) is 5.10 Å². The van der Waals surface area contributed by atoms with Crippen molar-refractivity contribution in [2.24, 2.45) is 0 Å². The summed E-state index contributed by atoms with van der Waals surface area (Å²) in [5.74, 6) is 1.57. The third kappa shape index (κ3) is 3.11. The Morgan fingerprint density at radius 2 is 2.21 bits per heavy atom. The average Bonchev–Trinajstić information content (AvgIpc) is 3.35. The lowest BCUT2D eigenvalue weighted by Crippen LogP contribution is -2.16. The monoisotopic (exact) mass is 325 g/mol. The summed E-state index contributed by atoms with van der Waals surface area (Å²) in [6.45, 7) is 2.95. The number of aromatic nitrogens is 4. The Balaban J connectivity index is 1.34. The van der Waals surface area contributed by atoms with Crippen LogP contribution in [0, 0.1) is 0 Å². The minimum atomic E-state index is 0.285. The van der Waals surface area contributed by atoms with Gasteiger partial charge in [0.05, 0.1) is 18.2 Å². The first kappa shape index (κ1) is 14.8. The van der Waals surface area contributed by atoms with Crippen molar-refractivity contribution in [2.45, 2.75) is 19.5 Å². The van der Waals surface area contributed by atoms with Crippen molar-refractivity contribution in [3.63, 3.8) is 0 Å². The van der Waals surface area contributed by atoms with Crippen molar-refractivity contribution in [1.82, 2.24) is 25.1 Å². The summed E-state index contributed by atoms with van der Waals surface area (Å²) in [6.07, 6.45) is 8.54.